The van der Waals surface area contributed by atoms with Crippen LogP contribution in [0.3, 0.4) is 0 Å². The van der Waals surface area contributed by atoms with Gasteiger partial charge in [-0.15, -0.1) is 0 Å². The molecule has 1 N–H and O–H groups in total. The number of likely N-dealkylation sites (N-methyl/N-ethyl adjacent to an activating group) is 1. The maximum atomic E-state index is 12.5. The number of carbonyl (C=O) groups excluding carboxylic acids is 1. The summed E-state index contributed by atoms with van der Waals surface area (Å²) in [7, 11) is -2.04. The molecule has 29 heavy (non-hydrogen) atoms. The number of benzene rings is 2. The van der Waals surface area contributed by atoms with Crippen LogP contribution in [0.5, 0.6) is 0 Å². The van der Waals surface area contributed by atoms with Gasteiger partial charge in [-0.1, -0.05) is 48.5 Å². The summed E-state index contributed by atoms with van der Waals surface area (Å²) in [6.45, 7) is 0.0651. The third-order valence-corrected chi connectivity index (χ3v) is 6.12. The number of sulfone groups is 1. The smallest absolute Gasteiger partial charge is 0.410 e. The van der Waals surface area contributed by atoms with E-state index < -0.39 is 27.9 Å². The van der Waals surface area contributed by atoms with Crippen molar-refractivity contribution in [1.82, 2.24) is 4.90 Å². The van der Waals surface area contributed by atoms with Gasteiger partial charge in [-0.2, -0.15) is 0 Å². The first kappa shape index (κ1) is 20.9. The van der Waals surface area contributed by atoms with E-state index in [0.29, 0.717) is 0 Å². The molecule has 0 spiro atoms. The van der Waals surface area contributed by atoms with Crippen LogP contribution in [0.1, 0.15) is 23.5 Å². The highest BCUT2D eigenvalue weighted by Gasteiger charge is 2.32. The lowest BCUT2D eigenvalue weighted by molar-refractivity contribution is -0.142. The summed E-state index contributed by atoms with van der Waals surface area (Å²) >= 11 is 0. The third-order valence-electron chi connectivity index (χ3n) is 5.14. The summed E-state index contributed by atoms with van der Waals surface area (Å²) in [6, 6.07) is 14.5. The SMILES string of the molecule is CN(C(=O)OCC1c2ccccc2-c2ccccc21)[C@@H](CCS(C)(=O)=O)C(=O)O. The summed E-state index contributed by atoms with van der Waals surface area (Å²) in [6.07, 6.45) is 0.0291. The zero-order valence-corrected chi connectivity index (χ0v) is 17.1. The normalized spacial score (nSPS) is 14.0. The molecule has 0 heterocycles. The molecule has 0 radical (unpaired) electrons. The largest absolute Gasteiger partial charge is 0.480 e. The molecule has 2 aromatic rings. The van der Waals surface area contributed by atoms with E-state index >= 15 is 0 Å². The third kappa shape index (κ3) is 4.59. The van der Waals surface area contributed by atoms with Gasteiger partial charge in [0, 0.05) is 19.2 Å². The van der Waals surface area contributed by atoms with E-state index in [-0.39, 0.29) is 24.7 Å². The molecular formula is C21H23NO6S. The Morgan fingerprint density at radius 2 is 1.59 bits per heavy atom. The Kier molecular flexibility index (Phi) is 5.93. The number of hydrogen-bond donors (Lipinski definition) is 1. The summed E-state index contributed by atoms with van der Waals surface area (Å²) < 4.78 is 28.2. The molecular weight excluding hydrogens is 394 g/mol. The van der Waals surface area contributed by atoms with Gasteiger partial charge in [-0.05, 0) is 28.7 Å². The molecule has 1 aliphatic carbocycles. The predicted molar refractivity (Wildman–Crippen MR) is 109 cm³/mol. The fourth-order valence-corrected chi connectivity index (χ4v) is 4.28. The monoisotopic (exact) mass is 417 g/mol. The summed E-state index contributed by atoms with van der Waals surface area (Å²) in [5.74, 6) is -1.74. The van der Waals surface area contributed by atoms with Gasteiger partial charge >= 0.3 is 12.1 Å². The van der Waals surface area contributed by atoms with Crippen molar-refractivity contribution in [2.75, 3.05) is 25.7 Å². The van der Waals surface area contributed by atoms with E-state index in [2.05, 4.69) is 0 Å². The lowest BCUT2D eigenvalue weighted by Crippen LogP contribution is -2.44. The number of rotatable bonds is 7. The van der Waals surface area contributed by atoms with Crippen LogP contribution in [0.2, 0.25) is 0 Å². The zero-order valence-electron chi connectivity index (χ0n) is 16.2. The fraction of sp³-hybridized carbons (Fsp3) is 0.333. The second-order valence-electron chi connectivity index (χ2n) is 7.19. The molecule has 0 saturated heterocycles. The molecule has 1 atom stereocenters. The van der Waals surface area contributed by atoms with Gasteiger partial charge in [-0.3, -0.25) is 4.90 Å². The van der Waals surface area contributed by atoms with Crippen molar-refractivity contribution in [3.63, 3.8) is 0 Å². The first-order valence-electron chi connectivity index (χ1n) is 9.17. The molecule has 8 heteroatoms. The molecule has 1 aliphatic rings. The minimum Gasteiger partial charge on any atom is -0.480 e. The van der Waals surface area contributed by atoms with Crippen LogP contribution < -0.4 is 0 Å². The average molecular weight is 417 g/mol. The lowest BCUT2D eigenvalue weighted by atomic mass is 9.98. The Morgan fingerprint density at radius 1 is 1.07 bits per heavy atom. The topological polar surface area (TPSA) is 101 Å². The van der Waals surface area contributed by atoms with Crippen LogP contribution in [0.15, 0.2) is 48.5 Å². The summed E-state index contributed by atoms with van der Waals surface area (Å²) in [5.41, 5.74) is 4.29. The zero-order chi connectivity index (χ0) is 21.2. The molecule has 0 aromatic heterocycles. The molecule has 3 rings (SSSR count). The summed E-state index contributed by atoms with van der Waals surface area (Å²) in [5, 5.41) is 9.39. The molecule has 0 saturated carbocycles. The number of nitrogens with zero attached hydrogens (tertiary/aromatic N) is 1. The highest BCUT2D eigenvalue weighted by molar-refractivity contribution is 7.90. The quantitative estimate of drug-likeness (QED) is 0.743. The number of amides is 1. The second-order valence-corrected chi connectivity index (χ2v) is 9.45. The van der Waals surface area contributed by atoms with Crippen molar-refractivity contribution < 1.29 is 27.9 Å². The fourth-order valence-electron chi connectivity index (χ4n) is 3.63. The van der Waals surface area contributed by atoms with Gasteiger partial charge in [0.05, 0.1) is 5.75 Å². The molecule has 0 unspecified atom stereocenters. The van der Waals surface area contributed by atoms with Crippen molar-refractivity contribution in [3.8, 4) is 11.1 Å². The van der Waals surface area contributed by atoms with Crippen LogP contribution in [-0.4, -0.2) is 62.2 Å². The summed E-state index contributed by atoms with van der Waals surface area (Å²) in [4.78, 5) is 24.9. The number of ether oxygens (including phenoxy) is 1. The Balaban J connectivity index is 1.72. The van der Waals surface area contributed by atoms with E-state index in [4.69, 9.17) is 4.74 Å². The Labute approximate surface area is 169 Å². The van der Waals surface area contributed by atoms with Gasteiger partial charge in [0.2, 0.25) is 0 Å². The molecule has 2 aromatic carbocycles. The van der Waals surface area contributed by atoms with Crippen molar-refractivity contribution in [1.29, 1.82) is 0 Å². The van der Waals surface area contributed by atoms with Gasteiger partial charge in [-0.25, -0.2) is 18.0 Å². The van der Waals surface area contributed by atoms with Gasteiger partial charge < -0.3 is 9.84 Å². The molecule has 0 bridgehead atoms. The number of carbonyl (C=O) groups is 2. The van der Waals surface area contributed by atoms with Crippen LogP contribution in [0.4, 0.5) is 4.79 Å². The van der Waals surface area contributed by atoms with E-state index in [0.717, 1.165) is 33.4 Å². The van der Waals surface area contributed by atoms with Crippen LogP contribution in [0.25, 0.3) is 11.1 Å². The Bertz CT molecular complexity index is 987. The van der Waals surface area contributed by atoms with Crippen LogP contribution in [-0.2, 0) is 19.4 Å². The number of aliphatic carboxylic acids is 1. The predicted octanol–water partition coefficient (Wildman–Crippen LogP) is 2.76. The Morgan fingerprint density at radius 3 is 2.07 bits per heavy atom. The number of carboxylic acids is 1. The van der Waals surface area contributed by atoms with Gasteiger partial charge in [0.15, 0.2) is 0 Å². The number of hydrogen-bond acceptors (Lipinski definition) is 5. The van der Waals surface area contributed by atoms with Gasteiger partial charge in [0.25, 0.3) is 0 Å². The minimum atomic E-state index is -3.35. The highest BCUT2D eigenvalue weighted by Crippen LogP contribution is 2.44. The second kappa shape index (κ2) is 8.24. The highest BCUT2D eigenvalue weighted by atomic mass is 32.2. The number of carboxylic acid groups (broad SMARTS) is 1. The average Bonchev–Trinajstić information content (AvgIpc) is 2.99. The van der Waals surface area contributed by atoms with Crippen molar-refractivity contribution in [3.05, 3.63) is 59.7 Å². The van der Waals surface area contributed by atoms with Crippen molar-refractivity contribution in [2.45, 2.75) is 18.4 Å². The maximum Gasteiger partial charge on any atom is 0.410 e. The first-order chi connectivity index (χ1) is 13.7. The maximum absolute atomic E-state index is 12.5. The standard InChI is InChI=1S/C21H23NO6S/c1-22(19(20(23)24)11-12-29(2,26)27)21(25)28-13-18-16-9-5-3-7-14(16)15-8-4-6-10-17(15)18/h3-10,18-19H,11-13H2,1-2H3,(H,23,24)/t19-/m0/s1. The lowest BCUT2D eigenvalue weighted by Gasteiger charge is -2.25. The molecule has 0 aliphatic heterocycles. The van der Waals surface area contributed by atoms with Crippen molar-refractivity contribution in [2.24, 2.45) is 0 Å². The van der Waals surface area contributed by atoms with Crippen LogP contribution in [0, 0.1) is 0 Å². The van der Waals surface area contributed by atoms with E-state index in [9.17, 15) is 23.1 Å². The van der Waals surface area contributed by atoms with E-state index in [1.165, 1.54) is 7.05 Å². The Hall–Kier alpha value is -2.87. The molecule has 7 nitrogen and oxygen atoms in total. The minimum absolute atomic E-state index is 0.0651. The number of fused-ring (bicyclic) bond motifs is 3. The van der Waals surface area contributed by atoms with Crippen molar-refractivity contribution >= 4 is 21.9 Å². The van der Waals surface area contributed by atoms with Gasteiger partial charge in [0.1, 0.15) is 22.5 Å². The molecule has 1 amide bonds. The molecule has 0 fully saturated rings. The van der Waals surface area contributed by atoms with E-state index in [1.807, 2.05) is 48.5 Å². The van der Waals surface area contributed by atoms with Crippen LogP contribution >= 0.6 is 0 Å². The first-order valence-corrected chi connectivity index (χ1v) is 11.2. The molecule has 154 valence electrons. The van der Waals surface area contributed by atoms with E-state index in [1.54, 1.807) is 0 Å².